The zero-order valence-electron chi connectivity index (χ0n) is 15.6. The summed E-state index contributed by atoms with van der Waals surface area (Å²) >= 11 is 6.00. The van der Waals surface area contributed by atoms with Crippen LogP contribution in [0.4, 0.5) is 5.69 Å². The summed E-state index contributed by atoms with van der Waals surface area (Å²) in [5.41, 5.74) is 1.78. The average Bonchev–Trinajstić information content (AvgIpc) is 3.17. The number of rotatable bonds is 7. The lowest BCUT2D eigenvalue weighted by atomic mass is 10.1. The van der Waals surface area contributed by atoms with E-state index in [1.165, 1.54) is 4.31 Å². The minimum atomic E-state index is -3.50. The number of hydrogen-bond donors (Lipinski definition) is 1. The van der Waals surface area contributed by atoms with Gasteiger partial charge in [-0.15, -0.1) is 0 Å². The number of ether oxygens (including phenoxy) is 1. The van der Waals surface area contributed by atoms with E-state index in [1.807, 2.05) is 0 Å². The number of nitrogens with one attached hydrogen (secondary N) is 1. The van der Waals surface area contributed by atoms with Gasteiger partial charge in [0.1, 0.15) is 0 Å². The molecule has 1 aliphatic heterocycles. The molecule has 1 heterocycles. The van der Waals surface area contributed by atoms with Crippen LogP contribution in [0.15, 0.2) is 48.5 Å². The van der Waals surface area contributed by atoms with Crippen molar-refractivity contribution in [1.82, 2.24) is 5.32 Å². The molecule has 1 fully saturated rings. The van der Waals surface area contributed by atoms with E-state index in [-0.39, 0.29) is 18.6 Å². The lowest BCUT2D eigenvalue weighted by Crippen LogP contribution is -2.31. The van der Waals surface area contributed by atoms with Crippen LogP contribution in [-0.2, 0) is 21.3 Å². The molecule has 0 aliphatic carbocycles. The second kappa shape index (κ2) is 8.94. The summed E-state index contributed by atoms with van der Waals surface area (Å²) in [5.74, 6) is -0.170. The SMILES string of the molecule is CS(=O)(=O)N(Cc1ccc(C(=O)NC[C@H]2CCCO2)cc1)c1cccc(Cl)c1. The smallest absolute Gasteiger partial charge is 0.251 e. The van der Waals surface area contributed by atoms with Gasteiger partial charge in [0.25, 0.3) is 5.91 Å². The molecule has 0 saturated carbocycles. The molecular weight excluding hydrogens is 400 g/mol. The Hall–Kier alpha value is -2.09. The predicted octanol–water partition coefficient (Wildman–Crippen LogP) is 3.22. The maximum atomic E-state index is 12.3. The van der Waals surface area contributed by atoms with Crippen molar-refractivity contribution >= 4 is 33.2 Å². The topological polar surface area (TPSA) is 75.7 Å². The van der Waals surface area contributed by atoms with Gasteiger partial charge in [-0.3, -0.25) is 9.10 Å². The Bertz CT molecular complexity index is 925. The van der Waals surface area contributed by atoms with Crippen LogP contribution in [0.3, 0.4) is 0 Å². The van der Waals surface area contributed by atoms with E-state index < -0.39 is 10.0 Å². The zero-order valence-corrected chi connectivity index (χ0v) is 17.2. The standard InChI is InChI=1S/C20H23ClN2O4S/c1-28(25,26)23(18-5-2-4-17(21)12-18)14-15-7-9-16(10-8-15)20(24)22-13-19-6-3-11-27-19/h2,4-5,7-10,12,19H,3,6,11,13-14H2,1H3,(H,22,24)/t19-/m1/s1. The van der Waals surface area contributed by atoms with Crippen molar-refractivity contribution in [3.63, 3.8) is 0 Å². The summed E-state index contributed by atoms with van der Waals surface area (Å²) in [7, 11) is -3.50. The molecule has 8 heteroatoms. The van der Waals surface area contributed by atoms with Crippen LogP contribution in [0, 0.1) is 0 Å². The summed E-state index contributed by atoms with van der Waals surface area (Å²) < 4.78 is 31.3. The molecule has 3 rings (SSSR count). The molecule has 150 valence electrons. The quantitative estimate of drug-likeness (QED) is 0.743. The third kappa shape index (κ3) is 5.47. The number of carbonyl (C=O) groups excluding carboxylic acids is 1. The molecule has 0 unspecified atom stereocenters. The maximum Gasteiger partial charge on any atom is 0.251 e. The molecule has 0 bridgehead atoms. The van der Waals surface area contributed by atoms with Gasteiger partial charge in [0.2, 0.25) is 10.0 Å². The largest absolute Gasteiger partial charge is 0.376 e. The fraction of sp³-hybridized carbons (Fsp3) is 0.350. The van der Waals surface area contributed by atoms with Crippen LogP contribution in [0.1, 0.15) is 28.8 Å². The highest BCUT2D eigenvalue weighted by molar-refractivity contribution is 7.92. The third-order valence-electron chi connectivity index (χ3n) is 4.55. The second-order valence-electron chi connectivity index (χ2n) is 6.79. The highest BCUT2D eigenvalue weighted by Gasteiger charge is 2.19. The lowest BCUT2D eigenvalue weighted by molar-refractivity contribution is 0.0858. The first-order valence-corrected chi connectivity index (χ1v) is 11.3. The van der Waals surface area contributed by atoms with Gasteiger partial charge in [-0.2, -0.15) is 0 Å². The van der Waals surface area contributed by atoms with Crippen LogP contribution in [0.25, 0.3) is 0 Å². The van der Waals surface area contributed by atoms with Gasteiger partial charge < -0.3 is 10.1 Å². The Labute approximate surface area is 170 Å². The number of carbonyl (C=O) groups is 1. The normalized spacial score (nSPS) is 16.7. The van der Waals surface area contributed by atoms with Crippen LogP contribution in [0.2, 0.25) is 5.02 Å². The van der Waals surface area contributed by atoms with Gasteiger partial charge >= 0.3 is 0 Å². The number of hydrogen-bond acceptors (Lipinski definition) is 4. The van der Waals surface area contributed by atoms with Crippen molar-refractivity contribution < 1.29 is 17.9 Å². The number of sulfonamides is 1. The van der Waals surface area contributed by atoms with Crippen molar-refractivity contribution in [1.29, 1.82) is 0 Å². The summed E-state index contributed by atoms with van der Waals surface area (Å²) in [6, 6.07) is 13.6. The van der Waals surface area contributed by atoms with E-state index in [0.717, 1.165) is 31.3 Å². The predicted molar refractivity (Wildman–Crippen MR) is 110 cm³/mol. The molecule has 0 radical (unpaired) electrons. The van der Waals surface area contributed by atoms with E-state index in [2.05, 4.69) is 5.32 Å². The van der Waals surface area contributed by atoms with E-state index in [1.54, 1.807) is 48.5 Å². The number of benzene rings is 2. The molecule has 1 amide bonds. The minimum Gasteiger partial charge on any atom is -0.376 e. The molecule has 2 aromatic carbocycles. The van der Waals surface area contributed by atoms with E-state index >= 15 is 0 Å². The minimum absolute atomic E-state index is 0.0873. The van der Waals surface area contributed by atoms with Crippen molar-refractivity contribution in [3.05, 3.63) is 64.7 Å². The van der Waals surface area contributed by atoms with Crippen LogP contribution in [-0.4, -0.2) is 39.8 Å². The molecule has 1 N–H and O–H groups in total. The van der Waals surface area contributed by atoms with Gasteiger partial charge in [-0.1, -0.05) is 29.8 Å². The van der Waals surface area contributed by atoms with Crippen LogP contribution >= 0.6 is 11.6 Å². The monoisotopic (exact) mass is 422 g/mol. The van der Waals surface area contributed by atoms with Crippen molar-refractivity contribution in [2.75, 3.05) is 23.7 Å². The maximum absolute atomic E-state index is 12.3. The number of amides is 1. The molecule has 6 nitrogen and oxygen atoms in total. The molecule has 0 spiro atoms. The Morgan fingerprint density at radius 1 is 1.25 bits per heavy atom. The Balaban J connectivity index is 1.68. The summed E-state index contributed by atoms with van der Waals surface area (Å²) in [4.78, 5) is 12.3. The number of halogens is 1. The van der Waals surface area contributed by atoms with Gasteiger partial charge in [0.05, 0.1) is 24.6 Å². The third-order valence-corrected chi connectivity index (χ3v) is 5.93. The highest BCUT2D eigenvalue weighted by Crippen LogP contribution is 2.24. The summed E-state index contributed by atoms with van der Waals surface area (Å²) in [6.45, 7) is 1.40. The van der Waals surface area contributed by atoms with Gasteiger partial charge in [-0.05, 0) is 48.7 Å². The first-order chi connectivity index (χ1) is 13.3. The Morgan fingerprint density at radius 2 is 2.00 bits per heavy atom. The van der Waals surface area contributed by atoms with E-state index in [4.69, 9.17) is 16.3 Å². The fourth-order valence-electron chi connectivity index (χ4n) is 3.07. The number of nitrogens with zero attached hydrogens (tertiary/aromatic N) is 1. The van der Waals surface area contributed by atoms with Crippen molar-refractivity contribution in [3.8, 4) is 0 Å². The zero-order chi connectivity index (χ0) is 20.1. The second-order valence-corrected chi connectivity index (χ2v) is 9.13. The van der Waals surface area contributed by atoms with Gasteiger partial charge in [0, 0.05) is 23.7 Å². The Morgan fingerprint density at radius 3 is 2.61 bits per heavy atom. The Kier molecular flexibility index (Phi) is 6.59. The van der Waals surface area contributed by atoms with Crippen molar-refractivity contribution in [2.45, 2.75) is 25.5 Å². The molecule has 1 atom stereocenters. The average molecular weight is 423 g/mol. The first kappa shape index (κ1) is 20.6. The van der Waals surface area contributed by atoms with E-state index in [9.17, 15) is 13.2 Å². The molecule has 1 saturated heterocycles. The molecular formula is C20H23ClN2O4S. The molecule has 28 heavy (non-hydrogen) atoms. The summed E-state index contributed by atoms with van der Waals surface area (Å²) in [6.07, 6.45) is 3.23. The van der Waals surface area contributed by atoms with Gasteiger partial charge in [-0.25, -0.2) is 8.42 Å². The van der Waals surface area contributed by atoms with Crippen LogP contribution in [0.5, 0.6) is 0 Å². The lowest BCUT2D eigenvalue weighted by Gasteiger charge is -2.22. The molecule has 2 aromatic rings. The van der Waals surface area contributed by atoms with E-state index in [0.29, 0.717) is 22.8 Å². The molecule has 0 aromatic heterocycles. The number of anilines is 1. The highest BCUT2D eigenvalue weighted by atomic mass is 35.5. The molecule has 1 aliphatic rings. The fourth-order valence-corrected chi connectivity index (χ4v) is 4.14. The van der Waals surface area contributed by atoms with Crippen LogP contribution < -0.4 is 9.62 Å². The van der Waals surface area contributed by atoms with Crippen molar-refractivity contribution in [2.24, 2.45) is 0 Å². The van der Waals surface area contributed by atoms with Gasteiger partial charge in [0.15, 0.2) is 0 Å². The summed E-state index contributed by atoms with van der Waals surface area (Å²) in [5, 5.41) is 3.33. The first-order valence-electron chi connectivity index (χ1n) is 9.05.